The average molecular weight is 370 g/mol. The predicted molar refractivity (Wildman–Crippen MR) is 98.8 cm³/mol. The van der Waals surface area contributed by atoms with Crippen LogP contribution in [0.25, 0.3) is 10.9 Å². The van der Waals surface area contributed by atoms with Crippen LogP contribution in [0.15, 0.2) is 48.8 Å². The van der Waals surface area contributed by atoms with Gasteiger partial charge in [-0.1, -0.05) is 17.7 Å². The normalized spacial score (nSPS) is 16.6. The van der Waals surface area contributed by atoms with Gasteiger partial charge in [0.1, 0.15) is 11.1 Å². The highest BCUT2D eigenvalue weighted by molar-refractivity contribution is 6.32. The molecule has 1 atom stereocenters. The molecule has 26 heavy (non-hydrogen) atoms. The molecule has 0 spiro atoms. The van der Waals surface area contributed by atoms with E-state index in [0.29, 0.717) is 35.4 Å². The highest BCUT2D eigenvalue weighted by Gasteiger charge is 2.20. The van der Waals surface area contributed by atoms with Gasteiger partial charge in [0.05, 0.1) is 30.0 Å². The number of fused-ring (bicyclic) bond motifs is 1. The fraction of sp³-hybridized carbons (Fsp3) is 0.211. The number of halogens is 1. The van der Waals surface area contributed by atoms with Crippen molar-refractivity contribution in [1.29, 1.82) is 0 Å². The summed E-state index contributed by atoms with van der Waals surface area (Å²) in [4.78, 5) is 21.0. The number of amides is 1. The molecule has 1 amide bonds. The minimum atomic E-state index is -0.300. The van der Waals surface area contributed by atoms with Gasteiger partial charge in [0.15, 0.2) is 0 Å². The van der Waals surface area contributed by atoms with E-state index in [1.54, 1.807) is 12.3 Å². The van der Waals surface area contributed by atoms with Gasteiger partial charge in [-0.05, 0) is 30.3 Å². The van der Waals surface area contributed by atoms with Crippen LogP contribution < -0.4 is 10.1 Å². The van der Waals surface area contributed by atoms with Crippen molar-refractivity contribution in [2.45, 2.75) is 12.5 Å². The van der Waals surface area contributed by atoms with E-state index in [1.807, 2.05) is 30.3 Å². The van der Waals surface area contributed by atoms with Crippen molar-refractivity contribution in [2.24, 2.45) is 0 Å². The third-order valence-electron chi connectivity index (χ3n) is 4.13. The summed E-state index contributed by atoms with van der Waals surface area (Å²) in [5.41, 5.74) is 1.84. The summed E-state index contributed by atoms with van der Waals surface area (Å²) in [5, 5.41) is 4.04. The summed E-state index contributed by atoms with van der Waals surface area (Å²) < 4.78 is 11.0. The summed E-state index contributed by atoms with van der Waals surface area (Å²) in [7, 11) is 0. The van der Waals surface area contributed by atoms with E-state index in [1.165, 1.54) is 6.20 Å². The van der Waals surface area contributed by atoms with Gasteiger partial charge in [-0.3, -0.25) is 9.78 Å². The third kappa shape index (κ3) is 3.47. The van der Waals surface area contributed by atoms with Gasteiger partial charge in [-0.25, -0.2) is 4.98 Å². The van der Waals surface area contributed by atoms with Crippen LogP contribution in [0.1, 0.15) is 16.8 Å². The van der Waals surface area contributed by atoms with Crippen LogP contribution in [0, 0.1) is 0 Å². The van der Waals surface area contributed by atoms with E-state index in [4.69, 9.17) is 21.1 Å². The minimum absolute atomic E-state index is 0.0529. The van der Waals surface area contributed by atoms with Crippen molar-refractivity contribution in [2.75, 3.05) is 18.5 Å². The van der Waals surface area contributed by atoms with Crippen LogP contribution in [-0.4, -0.2) is 35.2 Å². The Morgan fingerprint density at radius 2 is 2.19 bits per heavy atom. The van der Waals surface area contributed by atoms with Crippen LogP contribution in [-0.2, 0) is 4.74 Å². The Balaban J connectivity index is 1.53. The maximum Gasteiger partial charge on any atom is 0.257 e. The zero-order valence-corrected chi connectivity index (χ0v) is 14.6. The molecule has 0 unspecified atom stereocenters. The van der Waals surface area contributed by atoms with E-state index >= 15 is 0 Å². The third-order valence-corrected chi connectivity index (χ3v) is 4.40. The van der Waals surface area contributed by atoms with Crippen molar-refractivity contribution in [3.05, 3.63) is 59.4 Å². The summed E-state index contributed by atoms with van der Waals surface area (Å²) in [6, 6.07) is 10.9. The molecule has 3 heterocycles. The SMILES string of the molecule is O=C(Nc1cccc2ncccc12)c1cnc(O[C@H]2CCOC2)c(Cl)c1. The number of nitrogens with zero attached hydrogens (tertiary/aromatic N) is 2. The van der Waals surface area contributed by atoms with E-state index < -0.39 is 0 Å². The molecule has 2 aromatic heterocycles. The highest BCUT2D eigenvalue weighted by Crippen LogP contribution is 2.26. The molecule has 1 aliphatic heterocycles. The van der Waals surface area contributed by atoms with Crippen LogP contribution in [0.4, 0.5) is 5.69 Å². The number of hydrogen-bond donors (Lipinski definition) is 1. The molecule has 1 N–H and O–H groups in total. The van der Waals surface area contributed by atoms with E-state index in [0.717, 1.165) is 17.3 Å². The van der Waals surface area contributed by atoms with Gasteiger partial charge in [-0.15, -0.1) is 0 Å². The van der Waals surface area contributed by atoms with Crippen molar-refractivity contribution in [1.82, 2.24) is 9.97 Å². The molecule has 6 nitrogen and oxygen atoms in total. The number of rotatable bonds is 4. The van der Waals surface area contributed by atoms with Crippen LogP contribution >= 0.6 is 11.6 Å². The molecule has 1 aromatic carbocycles. The summed E-state index contributed by atoms with van der Waals surface area (Å²) in [6.07, 6.45) is 3.92. The molecule has 0 saturated carbocycles. The van der Waals surface area contributed by atoms with Crippen LogP contribution in [0.2, 0.25) is 5.02 Å². The summed E-state index contributed by atoms with van der Waals surface area (Å²) in [6.45, 7) is 1.19. The number of benzene rings is 1. The maximum atomic E-state index is 12.6. The second kappa shape index (κ2) is 7.27. The van der Waals surface area contributed by atoms with Crippen molar-refractivity contribution in [3.63, 3.8) is 0 Å². The minimum Gasteiger partial charge on any atom is -0.471 e. The maximum absolute atomic E-state index is 12.6. The summed E-state index contributed by atoms with van der Waals surface area (Å²) in [5.74, 6) is 0.0135. The molecule has 4 rings (SSSR count). The first-order valence-corrected chi connectivity index (χ1v) is 8.63. The van der Waals surface area contributed by atoms with Crippen molar-refractivity contribution in [3.8, 4) is 5.88 Å². The van der Waals surface area contributed by atoms with Gasteiger partial charge in [0.2, 0.25) is 5.88 Å². The molecule has 7 heteroatoms. The lowest BCUT2D eigenvalue weighted by atomic mass is 10.1. The van der Waals surface area contributed by atoms with Gasteiger partial charge in [0, 0.05) is 24.2 Å². The summed E-state index contributed by atoms with van der Waals surface area (Å²) >= 11 is 6.23. The second-order valence-electron chi connectivity index (χ2n) is 5.94. The zero-order chi connectivity index (χ0) is 17.9. The first kappa shape index (κ1) is 16.8. The fourth-order valence-electron chi connectivity index (χ4n) is 2.81. The quantitative estimate of drug-likeness (QED) is 0.759. The van der Waals surface area contributed by atoms with Crippen molar-refractivity contribution < 1.29 is 14.3 Å². The molecular formula is C19H16ClN3O3. The fourth-order valence-corrected chi connectivity index (χ4v) is 3.02. The van der Waals surface area contributed by atoms with Gasteiger partial charge in [-0.2, -0.15) is 0 Å². The lowest BCUT2D eigenvalue weighted by molar-refractivity contribution is 0.102. The smallest absolute Gasteiger partial charge is 0.257 e. The Morgan fingerprint density at radius 1 is 1.27 bits per heavy atom. The van der Waals surface area contributed by atoms with Crippen LogP contribution in [0.3, 0.4) is 0 Å². The van der Waals surface area contributed by atoms with Crippen LogP contribution in [0.5, 0.6) is 5.88 Å². The van der Waals surface area contributed by atoms with E-state index in [-0.39, 0.29) is 12.0 Å². The largest absolute Gasteiger partial charge is 0.471 e. The van der Waals surface area contributed by atoms with Gasteiger partial charge >= 0.3 is 0 Å². The lowest BCUT2D eigenvalue weighted by Gasteiger charge is -2.13. The number of carbonyl (C=O) groups is 1. The number of ether oxygens (including phenoxy) is 2. The van der Waals surface area contributed by atoms with E-state index in [2.05, 4.69) is 15.3 Å². The Morgan fingerprint density at radius 3 is 3.00 bits per heavy atom. The number of aromatic nitrogens is 2. The molecule has 1 aliphatic rings. The van der Waals surface area contributed by atoms with Gasteiger partial charge in [0.25, 0.3) is 5.91 Å². The Bertz CT molecular complexity index is 952. The standard InChI is InChI=1S/C19H16ClN3O3/c20-15-9-12(10-22-19(15)26-13-6-8-25-11-13)18(24)23-17-5-1-4-16-14(17)3-2-7-21-16/h1-5,7,9-10,13H,6,8,11H2,(H,23,24)/t13-/m0/s1. The molecule has 0 bridgehead atoms. The number of anilines is 1. The van der Waals surface area contributed by atoms with Gasteiger partial charge < -0.3 is 14.8 Å². The highest BCUT2D eigenvalue weighted by atomic mass is 35.5. The Kier molecular flexibility index (Phi) is 4.69. The molecule has 132 valence electrons. The molecular weight excluding hydrogens is 354 g/mol. The average Bonchev–Trinajstić information content (AvgIpc) is 3.17. The number of carbonyl (C=O) groups excluding carboxylic acids is 1. The zero-order valence-electron chi connectivity index (χ0n) is 13.8. The molecule has 1 fully saturated rings. The number of hydrogen-bond acceptors (Lipinski definition) is 5. The molecule has 0 radical (unpaired) electrons. The topological polar surface area (TPSA) is 73.3 Å². The first-order chi connectivity index (χ1) is 12.7. The predicted octanol–water partition coefficient (Wildman–Crippen LogP) is 3.70. The number of pyridine rings is 2. The molecule has 0 aliphatic carbocycles. The Labute approximate surface area is 155 Å². The number of nitrogens with one attached hydrogen (secondary N) is 1. The monoisotopic (exact) mass is 369 g/mol. The second-order valence-corrected chi connectivity index (χ2v) is 6.35. The molecule has 1 saturated heterocycles. The molecule has 3 aromatic rings. The lowest BCUT2D eigenvalue weighted by Crippen LogP contribution is -2.17. The van der Waals surface area contributed by atoms with Crippen molar-refractivity contribution >= 4 is 34.1 Å². The Hall–Kier alpha value is -2.70. The first-order valence-electron chi connectivity index (χ1n) is 8.26. The van der Waals surface area contributed by atoms with E-state index in [9.17, 15) is 4.79 Å².